The number of nitrogens with one attached hydrogen (secondary N) is 2. The molecule has 148 valence electrons. The van der Waals surface area contributed by atoms with Crippen LogP contribution < -0.4 is 10.6 Å². The molecule has 0 atom stereocenters. The molecular formula is C21H17FN2O5. The van der Waals surface area contributed by atoms with Crippen molar-refractivity contribution in [2.45, 2.75) is 6.54 Å². The normalized spacial score (nSPS) is 10.2. The van der Waals surface area contributed by atoms with Gasteiger partial charge in [0.15, 0.2) is 12.4 Å². The quantitative estimate of drug-likeness (QED) is 0.598. The van der Waals surface area contributed by atoms with Crippen LogP contribution in [-0.4, -0.2) is 24.4 Å². The lowest BCUT2D eigenvalue weighted by atomic mass is 10.2. The van der Waals surface area contributed by atoms with Gasteiger partial charge in [-0.05, 0) is 54.1 Å². The highest BCUT2D eigenvalue weighted by atomic mass is 19.1. The first-order chi connectivity index (χ1) is 14.0. The number of esters is 1. The van der Waals surface area contributed by atoms with Crippen LogP contribution in [0.5, 0.6) is 0 Å². The van der Waals surface area contributed by atoms with E-state index in [0.717, 1.165) is 5.56 Å². The van der Waals surface area contributed by atoms with Gasteiger partial charge in [-0.2, -0.15) is 0 Å². The highest BCUT2D eigenvalue weighted by Crippen LogP contribution is 2.12. The Bertz CT molecular complexity index is 983. The minimum Gasteiger partial charge on any atom is -0.459 e. The van der Waals surface area contributed by atoms with Gasteiger partial charge in [0.05, 0.1) is 11.8 Å². The fourth-order valence-corrected chi connectivity index (χ4v) is 2.36. The first kappa shape index (κ1) is 19.8. The lowest BCUT2D eigenvalue weighted by molar-refractivity contribution is -0.124. The van der Waals surface area contributed by atoms with E-state index in [1.165, 1.54) is 48.7 Å². The molecule has 0 aliphatic carbocycles. The minimum absolute atomic E-state index is 0.167. The third-order valence-electron chi connectivity index (χ3n) is 3.86. The second-order valence-corrected chi connectivity index (χ2v) is 5.99. The zero-order chi connectivity index (χ0) is 20.6. The Kier molecular flexibility index (Phi) is 6.36. The van der Waals surface area contributed by atoms with Crippen LogP contribution in [0.2, 0.25) is 0 Å². The summed E-state index contributed by atoms with van der Waals surface area (Å²) in [5.41, 5.74) is 1.42. The van der Waals surface area contributed by atoms with E-state index in [1.807, 2.05) is 0 Å². The van der Waals surface area contributed by atoms with Gasteiger partial charge < -0.3 is 19.8 Å². The number of carbonyl (C=O) groups is 3. The molecule has 0 aliphatic heterocycles. The lowest BCUT2D eigenvalue weighted by Crippen LogP contribution is -2.28. The van der Waals surface area contributed by atoms with Crippen molar-refractivity contribution in [3.63, 3.8) is 0 Å². The molecule has 1 aromatic heterocycles. The Morgan fingerprint density at radius 3 is 2.34 bits per heavy atom. The fourth-order valence-electron chi connectivity index (χ4n) is 2.36. The molecule has 0 saturated heterocycles. The molecule has 0 saturated carbocycles. The maximum atomic E-state index is 12.8. The third kappa shape index (κ3) is 5.77. The molecule has 3 rings (SSSR count). The monoisotopic (exact) mass is 396 g/mol. The van der Waals surface area contributed by atoms with Gasteiger partial charge >= 0.3 is 5.97 Å². The van der Waals surface area contributed by atoms with Crippen molar-refractivity contribution in [1.82, 2.24) is 5.32 Å². The average Bonchev–Trinajstić information content (AvgIpc) is 3.27. The first-order valence-electron chi connectivity index (χ1n) is 8.64. The van der Waals surface area contributed by atoms with Crippen molar-refractivity contribution in [3.05, 3.63) is 89.6 Å². The number of ether oxygens (including phenoxy) is 1. The number of amides is 2. The van der Waals surface area contributed by atoms with Crippen molar-refractivity contribution in [2.24, 2.45) is 0 Å². The number of halogens is 1. The summed E-state index contributed by atoms with van der Waals surface area (Å²) in [6.07, 6.45) is 1.39. The first-order valence-corrected chi connectivity index (χ1v) is 8.64. The van der Waals surface area contributed by atoms with Gasteiger partial charge in [0.2, 0.25) is 0 Å². The minimum atomic E-state index is -0.675. The number of hydrogen-bond donors (Lipinski definition) is 2. The molecule has 0 bridgehead atoms. The van der Waals surface area contributed by atoms with Gasteiger partial charge in [0.25, 0.3) is 11.8 Å². The standard InChI is InChI=1S/C21H17FN2O5/c22-16-7-3-14(4-8-16)12-23-19(25)13-29-21(27)15-5-9-17(10-6-15)24-20(26)18-2-1-11-28-18/h1-11H,12-13H2,(H,23,25)(H,24,26). The Morgan fingerprint density at radius 2 is 1.69 bits per heavy atom. The van der Waals surface area contributed by atoms with E-state index in [4.69, 9.17) is 9.15 Å². The zero-order valence-electron chi connectivity index (χ0n) is 15.2. The van der Waals surface area contributed by atoms with Crippen molar-refractivity contribution in [3.8, 4) is 0 Å². The Balaban J connectivity index is 1.44. The molecule has 0 fully saturated rings. The number of benzene rings is 2. The van der Waals surface area contributed by atoms with E-state index in [0.29, 0.717) is 5.69 Å². The second-order valence-electron chi connectivity index (χ2n) is 5.99. The van der Waals surface area contributed by atoms with Crippen molar-refractivity contribution in [1.29, 1.82) is 0 Å². The van der Waals surface area contributed by atoms with Crippen LogP contribution in [0, 0.1) is 5.82 Å². The molecule has 2 amide bonds. The average molecular weight is 396 g/mol. The zero-order valence-corrected chi connectivity index (χ0v) is 15.2. The largest absolute Gasteiger partial charge is 0.459 e. The summed E-state index contributed by atoms with van der Waals surface area (Å²) in [7, 11) is 0. The SMILES string of the molecule is O=C(COC(=O)c1ccc(NC(=O)c2ccco2)cc1)NCc1ccc(F)cc1. The molecule has 2 N–H and O–H groups in total. The van der Waals surface area contributed by atoms with Crippen LogP contribution in [0.3, 0.4) is 0 Å². The lowest BCUT2D eigenvalue weighted by Gasteiger charge is -2.08. The molecule has 0 spiro atoms. The topological polar surface area (TPSA) is 97.6 Å². The number of carbonyl (C=O) groups excluding carboxylic acids is 3. The van der Waals surface area contributed by atoms with Crippen LogP contribution in [0.1, 0.15) is 26.5 Å². The van der Waals surface area contributed by atoms with E-state index in [9.17, 15) is 18.8 Å². The highest BCUT2D eigenvalue weighted by Gasteiger charge is 2.12. The molecule has 0 aliphatic rings. The maximum absolute atomic E-state index is 12.8. The van der Waals surface area contributed by atoms with E-state index in [-0.39, 0.29) is 23.7 Å². The van der Waals surface area contributed by atoms with Crippen LogP contribution in [0.25, 0.3) is 0 Å². The molecule has 0 unspecified atom stereocenters. The Hall–Kier alpha value is -3.94. The summed E-state index contributed by atoms with van der Waals surface area (Å²) in [5, 5.41) is 5.20. The number of hydrogen-bond acceptors (Lipinski definition) is 5. The summed E-state index contributed by atoms with van der Waals surface area (Å²) in [5.74, 6) is -1.76. The van der Waals surface area contributed by atoms with Gasteiger partial charge in [-0.3, -0.25) is 9.59 Å². The number of rotatable bonds is 7. The molecule has 0 radical (unpaired) electrons. The molecule has 8 heteroatoms. The molecular weight excluding hydrogens is 379 g/mol. The molecule has 29 heavy (non-hydrogen) atoms. The Labute approximate surface area is 165 Å². The van der Waals surface area contributed by atoms with Gasteiger partial charge in [-0.15, -0.1) is 0 Å². The van der Waals surface area contributed by atoms with Gasteiger partial charge in [0, 0.05) is 12.2 Å². The maximum Gasteiger partial charge on any atom is 0.338 e. The van der Waals surface area contributed by atoms with Crippen molar-refractivity contribution < 1.29 is 27.9 Å². The van der Waals surface area contributed by atoms with Crippen LogP contribution in [0.15, 0.2) is 71.3 Å². The van der Waals surface area contributed by atoms with Crippen molar-refractivity contribution >= 4 is 23.5 Å². The number of furan rings is 1. The summed E-state index contributed by atoms with van der Waals surface area (Å²) >= 11 is 0. The summed E-state index contributed by atoms with van der Waals surface area (Å²) in [6, 6.07) is 14.8. The second kappa shape index (κ2) is 9.32. The molecule has 7 nitrogen and oxygen atoms in total. The highest BCUT2D eigenvalue weighted by molar-refractivity contribution is 6.02. The summed E-state index contributed by atoms with van der Waals surface area (Å²) < 4.78 is 22.8. The van der Waals surface area contributed by atoms with E-state index in [1.54, 1.807) is 18.2 Å². The fraction of sp³-hybridized carbons (Fsp3) is 0.0952. The van der Waals surface area contributed by atoms with E-state index >= 15 is 0 Å². The van der Waals surface area contributed by atoms with E-state index < -0.39 is 24.4 Å². The smallest absolute Gasteiger partial charge is 0.338 e. The van der Waals surface area contributed by atoms with Crippen molar-refractivity contribution in [2.75, 3.05) is 11.9 Å². The number of anilines is 1. The third-order valence-corrected chi connectivity index (χ3v) is 3.86. The summed E-state index contributed by atoms with van der Waals surface area (Å²) in [4.78, 5) is 35.7. The van der Waals surface area contributed by atoms with Gasteiger partial charge in [-0.1, -0.05) is 12.1 Å². The molecule has 1 heterocycles. The molecule has 3 aromatic rings. The predicted octanol–water partition coefficient (Wildman–Crippen LogP) is 3.14. The van der Waals surface area contributed by atoms with Gasteiger partial charge in [0.1, 0.15) is 5.82 Å². The van der Waals surface area contributed by atoms with Crippen LogP contribution >= 0.6 is 0 Å². The van der Waals surface area contributed by atoms with Crippen LogP contribution in [-0.2, 0) is 16.1 Å². The van der Waals surface area contributed by atoms with Gasteiger partial charge in [-0.25, -0.2) is 9.18 Å². The summed E-state index contributed by atoms with van der Waals surface area (Å²) in [6.45, 7) is -0.252. The molecule has 2 aromatic carbocycles. The Morgan fingerprint density at radius 1 is 0.966 bits per heavy atom. The predicted molar refractivity (Wildman–Crippen MR) is 102 cm³/mol. The van der Waals surface area contributed by atoms with Crippen LogP contribution in [0.4, 0.5) is 10.1 Å². The van der Waals surface area contributed by atoms with E-state index in [2.05, 4.69) is 10.6 Å².